The number of Topliss-reactive ketones (excluding diaryl/α,β-unsaturated/α-hetero) is 2. The maximum Gasteiger partial charge on any atom is 0.141 e. The minimum absolute atomic E-state index is 0.0263. The van der Waals surface area contributed by atoms with E-state index in [1.807, 2.05) is 0 Å². The molecule has 0 spiro atoms. The van der Waals surface area contributed by atoms with E-state index in [1.54, 1.807) is 20.8 Å². The summed E-state index contributed by atoms with van der Waals surface area (Å²) in [5, 5.41) is 9.06. The molecule has 0 saturated heterocycles. The fraction of sp³-hybridized carbons (Fsp3) is 0.800. The molecule has 0 aromatic heterocycles. The van der Waals surface area contributed by atoms with Crippen LogP contribution >= 0.6 is 0 Å². The summed E-state index contributed by atoms with van der Waals surface area (Å²) in [6.07, 6.45) is 0.952. The van der Waals surface area contributed by atoms with Crippen LogP contribution in [0.4, 0.5) is 0 Å². The number of aliphatic hydroxyl groups excluding tert-OH is 1. The van der Waals surface area contributed by atoms with Crippen molar-refractivity contribution in [2.45, 2.75) is 40.0 Å². The summed E-state index contributed by atoms with van der Waals surface area (Å²) >= 11 is 0. The number of aliphatic hydroxyl groups is 1. The van der Waals surface area contributed by atoms with Gasteiger partial charge >= 0.3 is 0 Å². The van der Waals surface area contributed by atoms with Crippen LogP contribution in [0.15, 0.2) is 0 Å². The van der Waals surface area contributed by atoms with Gasteiger partial charge in [0.05, 0.1) is 12.0 Å². The molecule has 1 unspecified atom stereocenters. The van der Waals surface area contributed by atoms with Crippen molar-refractivity contribution < 1.29 is 14.7 Å². The molecule has 0 bridgehead atoms. The van der Waals surface area contributed by atoms with E-state index in [4.69, 9.17) is 5.11 Å². The molecule has 0 aliphatic rings. The summed E-state index contributed by atoms with van der Waals surface area (Å²) in [5.41, 5.74) is -0.859. The van der Waals surface area contributed by atoms with Gasteiger partial charge in [-0.3, -0.25) is 9.59 Å². The van der Waals surface area contributed by atoms with Crippen LogP contribution < -0.4 is 0 Å². The van der Waals surface area contributed by atoms with E-state index in [9.17, 15) is 9.59 Å². The molecule has 0 amide bonds. The third-order valence-electron chi connectivity index (χ3n) is 2.32. The van der Waals surface area contributed by atoms with E-state index >= 15 is 0 Å². The Kier molecular flexibility index (Phi) is 4.85. The van der Waals surface area contributed by atoms with Gasteiger partial charge in [0.15, 0.2) is 0 Å². The molecule has 0 aliphatic heterocycles. The first-order valence-corrected chi connectivity index (χ1v) is 4.66. The minimum Gasteiger partial charge on any atom is -0.395 e. The fourth-order valence-electron chi connectivity index (χ4n) is 1.23. The van der Waals surface area contributed by atoms with Crippen molar-refractivity contribution in [2.24, 2.45) is 5.41 Å². The van der Waals surface area contributed by atoms with Gasteiger partial charge < -0.3 is 5.11 Å². The Morgan fingerprint density at radius 2 is 1.77 bits per heavy atom. The molecule has 0 saturated carbocycles. The monoisotopic (exact) mass is 186 g/mol. The normalized spacial score (nSPS) is 15.1. The van der Waals surface area contributed by atoms with Gasteiger partial charge in [0.25, 0.3) is 0 Å². The van der Waals surface area contributed by atoms with Gasteiger partial charge in [-0.05, 0) is 6.92 Å². The number of hydrogen-bond donors (Lipinski definition) is 1. The van der Waals surface area contributed by atoms with Crippen LogP contribution in [0.5, 0.6) is 0 Å². The lowest BCUT2D eigenvalue weighted by Crippen LogP contribution is -2.33. The molecule has 0 radical (unpaired) electrons. The van der Waals surface area contributed by atoms with Crippen molar-refractivity contribution >= 4 is 11.6 Å². The van der Waals surface area contributed by atoms with Gasteiger partial charge in [-0.25, -0.2) is 0 Å². The smallest absolute Gasteiger partial charge is 0.141 e. The van der Waals surface area contributed by atoms with Crippen molar-refractivity contribution in [3.63, 3.8) is 0 Å². The summed E-state index contributed by atoms with van der Waals surface area (Å²) in [5.74, 6) is -0.0184. The zero-order valence-electron chi connectivity index (χ0n) is 8.59. The van der Waals surface area contributed by atoms with Gasteiger partial charge in [-0.15, -0.1) is 0 Å². The number of rotatable bonds is 6. The molecule has 1 atom stereocenters. The SMILES string of the molecule is CCC(=O)CC(C)(CO)C(=O)CC. The second-order valence-corrected chi connectivity index (χ2v) is 3.56. The molecule has 3 heteroatoms. The lowest BCUT2D eigenvalue weighted by molar-refractivity contribution is -0.135. The topological polar surface area (TPSA) is 54.4 Å². The Morgan fingerprint density at radius 3 is 2.08 bits per heavy atom. The molecular formula is C10H18O3. The molecule has 0 rings (SSSR count). The highest BCUT2D eigenvalue weighted by Crippen LogP contribution is 2.24. The predicted molar refractivity (Wildman–Crippen MR) is 50.4 cm³/mol. The highest BCUT2D eigenvalue weighted by molar-refractivity contribution is 5.90. The lowest BCUT2D eigenvalue weighted by Gasteiger charge is -2.23. The van der Waals surface area contributed by atoms with Crippen LogP contribution in [-0.2, 0) is 9.59 Å². The highest BCUT2D eigenvalue weighted by atomic mass is 16.3. The van der Waals surface area contributed by atoms with Crippen molar-refractivity contribution in [1.29, 1.82) is 0 Å². The molecular weight excluding hydrogens is 168 g/mol. The summed E-state index contributed by atoms with van der Waals surface area (Å²) in [7, 11) is 0. The summed E-state index contributed by atoms with van der Waals surface area (Å²) in [4.78, 5) is 22.5. The van der Waals surface area contributed by atoms with Crippen LogP contribution in [0, 0.1) is 5.41 Å². The third-order valence-corrected chi connectivity index (χ3v) is 2.32. The van der Waals surface area contributed by atoms with Gasteiger partial charge in [-0.1, -0.05) is 13.8 Å². The molecule has 0 aliphatic carbocycles. The molecule has 1 N–H and O–H groups in total. The van der Waals surface area contributed by atoms with Crippen LogP contribution in [-0.4, -0.2) is 23.3 Å². The summed E-state index contributed by atoms with van der Waals surface area (Å²) < 4.78 is 0. The Balaban J connectivity index is 4.45. The minimum atomic E-state index is -0.859. The Hall–Kier alpha value is -0.700. The molecule has 0 heterocycles. The maximum absolute atomic E-state index is 11.4. The number of hydrogen-bond acceptors (Lipinski definition) is 3. The molecule has 3 nitrogen and oxygen atoms in total. The van der Waals surface area contributed by atoms with Crippen LogP contribution in [0.3, 0.4) is 0 Å². The largest absolute Gasteiger partial charge is 0.395 e. The van der Waals surface area contributed by atoms with Crippen LogP contribution in [0.25, 0.3) is 0 Å². The van der Waals surface area contributed by atoms with Crippen molar-refractivity contribution in [3.8, 4) is 0 Å². The first-order valence-electron chi connectivity index (χ1n) is 4.66. The van der Waals surface area contributed by atoms with E-state index in [0.717, 1.165) is 0 Å². The maximum atomic E-state index is 11.4. The average Bonchev–Trinajstić information content (AvgIpc) is 2.15. The van der Waals surface area contributed by atoms with Crippen LogP contribution in [0.2, 0.25) is 0 Å². The first-order chi connectivity index (χ1) is 6.00. The summed E-state index contributed by atoms with van der Waals surface area (Å²) in [6.45, 7) is 4.90. The van der Waals surface area contributed by atoms with E-state index in [0.29, 0.717) is 12.8 Å². The van der Waals surface area contributed by atoms with Gasteiger partial charge in [0.2, 0.25) is 0 Å². The van der Waals surface area contributed by atoms with E-state index in [2.05, 4.69) is 0 Å². The molecule has 76 valence electrons. The van der Waals surface area contributed by atoms with E-state index in [-0.39, 0.29) is 24.6 Å². The fourth-order valence-corrected chi connectivity index (χ4v) is 1.23. The Bertz CT molecular complexity index is 198. The van der Waals surface area contributed by atoms with Crippen molar-refractivity contribution in [3.05, 3.63) is 0 Å². The standard InChI is InChI=1S/C10H18O3/c1-4-8(12)6-10(3,7-11)9(13)5-2/h11H,4-7H2,1-3H3. The van der Waals surface area contributed by atoms with Gasteiger partial charge in [0.1, 0.15) is 11.6 Å². The van der Waals surface area contributed by atoms with E-state index < -0.39 is 5.41 Å². The van der Waals surface area contributed by atoms with Crippen molar-refractivity contribution in [2.75, 3.05) is 6.61 Å². The second-order valence-electron chi connectivity index (χ2n) is 3.56. The third kappa shape index (κ3) is 3.27. The molecule has 0 aromatic carbocycles. The zero-order valence-corrected chi connectivity index (χ0v) is 8.59. The number of carbonyl (C=O) groups is 2. The predicted octanol–water partition coefficient (Wildman–Crippen LogP) is 1.33. The quantitative estimate of drug-likeness (QED) is 0.681. The zero-order chi connectivity index (χ0) is 10.5. The number of carbonyl (C=O) groups excluding carboxylic acids is 2. The molecule has 0 aromatic rings. The summed E-state index contributed by atoms with van der Waals surface area (Å²) in [6, 6.07) is 0. The van der Waals surface area contributed by atoms with Gasteiger partial charge in [-0.2, -0.15) is 0 Å². The second kappa shape index (κ2) is 5.12. The van der Waals surface area contributed by atoms with Crippen molar-refractivity contribution in [1.82, 2.24) is 0 Å². The average molecular weight is 186 g/mol. The lowest BCUT2D eigenvalue weighted by atomic mass is 9.80. The Morgan fingerprint density at radius 1 is 1.23 bits per heavy atom. The van der Waals surface area contributed by atoms with Gasteiger partial charge in [0, 0.05) is 19.3 Å². The first kappa shape index (κ1) is 12.3. The van der Waals surface area contributed by atoms with E-state index in [1.165, 1.54) is 0 Å². The number of ketones is 2. The highest BCUT2D eigenvalue weighted by Gasteiger charge is 2.32. The molecule has 0 fully saturated rings. The Labute approximate surface area is 79.1 Å². The van der Waals surface area contributed by atoms with Crippen LogP contribution in [0.1, 0.15) is 40.0 Å². The molecule has 13 heavy (non-hydrogen) atoms.